The Morgan fingerprint density at radius 2 is 2.20 bits per heavy atom. The van der Waals surface area contributed by atoms with E-state index in [1.807, 2.05) is 0 Å². The van der Waals surface area contributed by atoms with Crippen molar-refractivity contribution in [3.63, 3.8) is 0 Å². The summed E-state index contributed by atoms with van der Waals surface area (Å²) < 4.78 is 5.56. The van der Waals surface area contributed by atoms with Crippen molar-refractivity contribution in [3.8, 4) is 5.75 Å². The second-order valence-corrected chi connectivity index (χ2v) is 4.10. The average Bonchev–Trinajstić information content (AvgIpc) is 2.58. The first-order chi connectivity index (χ1) is 7.15. The van der Waals surface area contributed by atoms with Gasteiger partial charge in [0.1, 0.15) is 0 Å². The van der Waals surface area contributed by atoms with Crippen molar-refractivity contribution >= 4 is 23.2 Å². The normalized spacial score (nSPS) is 25.5. The molecule has 0 saturated carbocycles. The van der Waals surface area contributed by atoms with E-state index >= 15 is 0 Å². The molecule has 2 N–H and O–H groups in total. The van der Waals surface area contributed by atoms with Crippen LogP contribution >= 0.6 is 23.2 Å². The number of halogens is 2. The summed E-state index contributed by atoms with van der Waals surface area (Å²) >= 11 is 11.5. The largest absolute Gasteiger partial charge is 0.471 e. The summed E-state index contributed by atoms with van der Waals surface area (Å²) in [5.41, 5.74) is 6.02. The zero-order valence-corrected chi connectivity index (χ0v) is 9.51. The Balaban J connectivity index is 2.07. The molecule has 15 heavy (non-hydrogen) atoms. The van der Waals surface area contributed by atoms with Gasteiger partial charge in [-0.05, 0) is 6.92 Å². The maximum atomic E-state index is 5.81. The molecule has 1 aliphatic heterocycles. The third-order valence-electron chi connectivity index (χ3n) is 2.01. The van der Waals surface area contributed by atoms with Crippen molar-refractivity contribution in [1.29, 1.82) is 0 Å². The third kappa shape index (κ3) is 2.69. The first kappa shape index (κ1) is 10.9. The van der Waals surface area contributed by atoms with Crippen LogP contribution in [0, 0.1) is 0 Å². The first-order valence-corrected chi connectivity index (χ1v) is 5.27. The van der Waals surface area contributed by atoms with Crippen molar-refractivity contribution in [2.75, 3.05) is 0 Å². The van der Waals surface area contributed by atoms with Crippen molar-refractivity contribution in [2.24, 2.45) is 0 Å². The molecule has 2 unspecified atom stereocenters. The van der Waals surface area contributed by atoms with Crippen LogP contribution in [0.25, 0.3) is 0 Å². The predicted octanol–water partition coefficient (Wildman–Crippen LogP) is 1.37. The van der Waals surface area contributed by atoms with Gasteiger partial charge in [0.2, 0.25) is 0 Å². The van der Waals surface area contributed by atoms with Gasteiger partial charge in [0, 0.05) is 18.5 Å². The molecule has 0 aromatic carbocycles. The lowest BCUT2D eigenvalue weighted by Crippen LogP contribution is -2.35. The van der Waals surface area contributed by atoms with Gasteiger partial charge < -0.3 is 4.74 Å². The van der Waals surface area contributed by atoms with E-state index < -0.39 is 0 Å². The number of rotatable bonds is 2. The van der Waals surface area contributed by atoms with Crippen LogP contribution in [0.2, 0.25) is 10.3 Å². The Bertz CT molecular complexity index is 362. The molecule has 1 aliphatic rings. The van der Waals surface area contributed by atoms with Crippen LogP contribution < -0.4 is 15.6 Å². The number of hydrazine groups is 1. The van der Waals surface area contributed by atoms with E-state index in [1.165, 1.54) is 0 Å². The molecule has 0 bridgehead atoms. The van der Waals surface area contributed by atoms with Gasteiger partial charge in [0.05, 0.1) is 0 Å². The molecule has 0 amide bonds. The summed E-state index contributed by atoms with van der Waals surface area (Å²) in [6.45, 7) is 2.05. The van der Waals surface area contributed by atoms with Gasteiger partial charge in [0.25, 0.3) is 0 Å². The van der Waals surface area contributed by atoms with Crippen LogP contribution in [0.4, 0.5) is 0 Å². The average molecular weight is 249 g/mol. The molecule has 0 spiro atoms. The molecule has 0 aliphatic carbocycles. The quantitative estimate of drug-likeness (QED) is 0.829. The second-order valence-electron chi connectivity index (χ2n) is 3.35. The Labute approximate surface area is 97.1 Å². The SMILES string of the molecule is CC1CC(Oc2cc(Cl)nnc2Cl)NN1. The Hall–Kier alpha value is -0.620. The van der Waals surface area contributed by atoms with Gasteiger partial charge in [-0.1, -0.05) is 23.2 Å². The molecule has 2 heterocycles. The van der Waals surface area contributed by atoms with Crippen molar-refractivity contribution in [1.82, 2.24) is 21.0 Å². The van der Waals surface area contributed by atoms with Gasteiger partial charge in [0.15, 0.2) is 22.3 Å². The third-order valence-corrected chi connectivity index (χ3v) is 2.46. The van der Waals surface area contributed by atoms with Crippen molar-refractivity contribution < 1.29 is 4.74 Å². The van der Waals surface area contributed by atoms with Crippen LogP contribution in [-0.2, 0) is 0 Å². The summed E-state index contributed by atoms with van der Waals surface area (Å²) in [5.74, 6) is 0.435. The summed E-state index contributed by atoms with van der Waals surface area (Å²) in [7, 11) is 0. The topological polar surface area (TPSA) is 59.1 Å². The maximum absolute atomic E-state index is 5.81. The van der Waals surface area contributed by atoms with Crippen LogP contribution in [0.5, 0.6) is 5.75 Å². The molecule has 5 nitrogen and oxygen atoms in total. The summed E-state index contributed by atoms with van der Waals surface area (Å²) in [4.78, 5) is 0. The van der Waals surface area contributed by atoms with Gasteiger partial charge in [-0.3, -0.25) is 5.43 Å². The number of aromatic nitrogens is 2. The smallest absolute Gasteiger partial charge is 0.193 e. The summed E-state index contributed by atoms with van der Waals surface area (Å²) in [6.07, 6.45) is 0.716. The number of ether oxygens (including phenoxy) is 1. The zero-order valence-electron chi connectivity index (χ0n) is 8.00. The van der Waals surface area contributed by atoms with Gasteiger partial charge in [-0.15, -0.1) is 10.2 Å². The van der Waals surface area contributed by atoms with Crippen LogP contribution in [0.1, 0.15) is 13.3 Å². The van der Waals surface area contributed by atoms with Crippen LogP contribution in [0.15, 0.2) is 6.07 Å². The van der Waals surface area contributed by atoms with E-state index in [9.17, 15) is 0 Å². The molecule has 7 heteroatoms. The number of hydrogen-bond donors (Lipinski definition) is 2. The molecule has 82 valence electrons. The lowest BCUT2D eigenvalue weighted by molar-refractivity contribution is 0.179. The van der Waals surface area contributed by atoms with E-state index in [-0.39, 0.29) is 16.5 Å². The summed E-state index contributed by atoms with van der Waals surface area (Å²) in [6, 6.07) is 1.90. The minimum absolute atomic E-state index is 0.127. The highest BCUT2D eigenvalue weighted by Crippen LogP contribution is 2.25. The summed E-state index contributed by atoms with van der Waals surface area (Å²) in [5, 5.41) is 7.71. The number of nitrogens with one attached hydrogen (secondary N) is 2. The van der Waals surface area contributed by atoms with E-state index in [1.54, 1.807) is 6.07 Å². The molecular weight excluding hydrogens is 239 g/mol. The zero-order chi connectivity index (χ0) is 10.8. The van der Waals surface area contributed by atoms with Crippen LogP contribution in [0.3, 0.4) is 0 Å². The fourth-order valence-electron chi connectivity index (χ4n) is 1.33. The highest BCUT2D eigenvalue weighted by Gasteiger charge is 2.22. The van der Waals surface area contributed by atoms with E-state index in [0.717, 1.165) is 6.42 Å². The van der Waals surface area contributed by atoms with Crippen LogP contribution in [-0.4, -0.2) is 22.5 Å². The van der Waals surface area contributed by atoms with E-state index in [2.05, 4.69) is 28.0 Å². The molecule has 1 aromatic heterocycles. The van der Waals surface area contributed by atoms with Gasteiger partial charge in [-0.25, -0.2) is 5.43 Å². The highest BCUT2D eigenvalue weighted by atomic mass is 35.5. The number of nitrogens with zero attached hydrogens (tertiary/aromatic N) is 2. The minimum Gasteiger partial charge on any atom is -0.471 e. The predicted molar refractivity (Wildman–Crippen MR) is 56.8 cm³/mol. The highest BCUT2D eigenvalue weighted by molar-refractivity contribution is 6.32. The van der Waals surface area contributed by atoms with E-state index in [4.69, 9.17) is 27.9 Å². The lowest BCUT2D eigenvalue weighted by Gasteiger charge is -2.13. The Morgan fingerprint density at radius 1 is 1.40 bits per heavy atom. The second kappa shape index (κ2) is 4.49. The van der Waals surface area contributed by atoms with Crippen molar-refractivity contribution in [2.45, 2.75) is 25.6 Å². The van der Waals surface area contributed by atoms with Gasteiger partial charge in [-0.2, -0.15) is 0 Å². The fourth-order valence-corrected chi connectivity index (χ4v) is 1.60. The molecule has 2 rings (SSSR count). The maximum Gasteiger partial charge on any atom is 0.193 e. The molecular formula is C8H10Cl2N4O. The fraction of sp³-hybridized carbons (Fsp3) is 0.500. The molecule has 2 atom stereocenters. The molecule has 1 saturated heterocycles. The van der Waals surface area contributed by atoms with E-state index in [0.29, 0.717) is 11.8 Å². The standard InChI is InChI=1S/C8H10Cl2N4O/c1-4-2-7(13-11-4)15-5-3-6(9)12-14-8(5)10/h3-4,7,11,13H,2H2,1H3. The molecule has 1 aromatic rings. The molecule has 0 radical (unpaired) electrons. The lowest BCUT2D eigenvalue weighted by atomic mass is 10.2. The first-order valence-electron chi connectivity index (χ1n) is 4.51. The Morgan fingerprint density at radius 3 is 2.87 bits per heavy atom. The van der Waals surface area contributed by atoms with Gasteiger partial charge >= 0.3 is 0 Å². The Kier molecular flexibility index (Phi) is 3.25. The number of hydrogen-bond acceptors (Lipinski definition) is 5. The monoisotopic (exact) mass is 248 g/mol. The minimum atomic E-state index is -0.127. The molecule has 1 fully saturated rings. The van der Waals surface area contributed by atoms with Crippen molar-refractivity contribution in [3.05, 3.63) is 16.4 Å².